The van der Waals surface area contributed by atoms with Gasteiger partial charge in [0, 0.05) is 22.2 Å². The number of anilines is 2. The highest BCUT2D eigenvalue weighted by molar-refractivity contribution is 7.13. The Bertz CT molecular complexity index is 879. The molecule has 0 bridgehead atoms. The van der Waals surface area contributed by atoms with E-state index in [1.165, 1.54) is 17.4 Å². The zero-order valence-electron chi connectivity index (χ0n) is 11.7. The van der Waals surface area contributed by atoms with Crippen LogP contribution >= 0.6 is 34.5 Å². The predicted molar refractivity (Wildman–Crippen MR) is 96.4 cm³/mol. The molecule has 3 N–H and O–H groups in total. The first kappa shape index (κ1) is 15.8. The first-order valence-corrected chi connectivity index (χ1v) is 8.24. The van der Waals surface area contributed by atoms with Gasteiger partial charge in [-0.25, -0.2) is 4.98 Å². The van der Waals surface area contributed by atoms with E-state index in [9.17, 15) is 4.79 Å². The van der Waals surface area contributed by atoms with Crippen molar-refractivity contribution in [2.45, 2.75) is 0 Å². The lowest BCUT2D eigenvalue weighted by Crippen LogP contribution is -2.11. The van der Waals surface area contributed by atoms with Gasteiger partial charge in [0.15, 0.2) is 5.13 Å². The molecule has 0 aliphatic rings. The Balaban J connectivity index is 1.82. The molecule has 3 aromatic rings. The van der Waals surface area contributed by atoms with Gasteiger partial charge >= 0.3 is 0 Å². The molecule has 0 spiro atoms. The molecule has 1 amide bonds. The Morgan fingerprint density at radius 1 is 1.13 bits per heavy atom. The highest BCUT2D eigenvalue weighted by atomic mass is 35.5. The minimum Gasteiger partial charge on any atom is -0.375 e. The number of hydrogen-bond donors (Lipinski definition) is 2. The number of halogens is 2. The van der Waals surface area contributed by atoms with Crippen molar-refractivity contribution >= 4 is 51.3 Å². The standard InChI is InChI=1S/C16H11Cl2N3OS/c17-12-5-4-10(7-13(12)18)15(22)20-11-3-1-2-9(6-11)14-8-23-16(19)21-14/h1-8H,(H2,19,21)(H,20,22). The van der Waals surface area contributed by atoms with E-state index in [-0.39, 0.29) is 5.91 Å². The van der Waals surface area contributed by atoms with Crippen LogP contribution in [-0.4, -0.2) is 10.9 Å². The summed E-state index contributed by atoms with van der Waals surface area (Å²) in [5.74, 6) is -0.265. The van der Waals surface area contributed by atoms with Gasteiger partial charge in [0.05, 0.1) is 15.7 Å². The lowest BCUT2D eigenvalue weighted by molar-refractivity contribution is 0.102. The maximum Gasteiger partial charge on any atom is 0.255 e. The number of nitrogen functional groups attached to an aromatic ring is 1. The molecule has 0 radical (unpaired) electrons. The third kappa shape index (κ3) is 3.64. The molecule has 23 heavy (non-hydrogen) atoms. The van der Waals surface area contributed by atoms with Crippen molar-refractivity contribution in [1.82, 2.24) is 4.98 Å². The van der Waals surface area contributed by atoms with Crippen molar-refractivity contribution in [3.63, 3.8) is 0 Å². The van der Waals surface area contributed by atoms with Crippen LogP contribution in [0.4, 0.5) is 10.8 Å². The van der Waals surface area contributed by atoms with Crippen LogP contribution in [0.1, 0.15) is 10.4 Å². The van der Waals surface area contributed by atoms with Crippen LogP contribution in [0.2, 0.25) is 10.0 Å². The third-order valence-corrected chi connectivity index (χ3v) is 4.53. The Hall–Kier alpha value is -2.08. The van der Waals surface area contributed by atoms with E-state index in [1.54, 1.807) is 18.2 Å². The number of carbonyl (C=O) groups is 1. The zero-order valence-corrected chi connectivity index (χ0v) is 14.0. The number of nitrogens with zero attached hydrogens (tertiary/aromatic N) is 1. The van der Waals surface area contributed by atoms with Gasteiger partial charge in [0.2, 0.25) is 0 Å². The van der Waals surface area contributed by atoms with Crippen LogP contribution in [0.5, 0.6) is 0 Å². The average molecular weight is 364 g/mol. The van der Waals surface area contributed by atoms with Crippen molar-refractivity contribution in [3.8, 4) is 11.3 Å². The topological polar surface area (TPSA) is 68.0 Å². The number of nitrogens with two attached hydrogens (primary N) is 1. The van der Waals surface area contributed by atoms with Crippen LogP contribution in [0, 0.1) is 0 Å². The molecular weight excluding hydrogens is 353 g/mol. The van der Waals surface area contributed by atoms with Crippen molar-refractivity contribution in [2.24, 2.45) is 0 Å². The molecule has 4 nitrogen and oxygen atoms in total. The summed E-state index contributed by atoms with van der Waals surface area (Å²) in [5.41, 5.74) is 8.40. The van der Waals surface area contributed by atoms with E-state index in [0.717, 1.165) is 11.3 Å². The van der Waals surface area contributed by atoms with Gasteiger partial charge in [-0.1, -0.05) is 35.3 Å². The minimum atomic E-state index is -0.265. The summed E-state index contributed by atoms with van der Waals surface area (Å²) < 4.78 is 0. The largest absolute Gasteiger partial charge is 0.375 e. The summed E-state index contributed by atoms with van der Waals surface area (Å²) in [6.07, 6.45) is 0. The second-order valence-corrected chi connectivity index (χ2v) is 6.44. The number of aromatic nitrogens is 1. The smallest absolute Gasteiger partial charge is 0.255 e. The number of benzene rings is 2. The van der Waals surface area contributed by atoms with Crippen LogP contribution in [0.3, 0.4) is 0 Å². The van der Waals surface area contributed by atoms with Crippen LogP contribution in [0.15, 0.2) is 47.8 Å². The number of nitrogens with one attached hydrogen (secondary N) is 1. The lowest BCUT2D eigenvalue weighted by Gasteiger charge is -2.07. The summed E-state index contributed by atoms with van der Waals surface area (Å²) in [4.78, 5) is 16.5. The zero-order chi connectivity index (χ0) is 16.4. The average Bonchev–Trinajstić information content (AvgIpc) is 2.97. The Morgan fingerprint density at radius 3 is 2.65 bits per heavy atom. The summed E-state index contributed by atoms with van der Waals surface area (Å²) in [5, 5.41) is 5.95. The fourth-order valence-electron chi connectivity index (χ4n) is 2.02. The van der Waals surface area contributed by atoms with E-state index in [2.05, 4.69) is 10.3 Å². The maximum atomic E-state index is 12.3. The van der Waals surface area contributed by atoms with Gasteiger partial charge in [-0.15, -0.1) is 11.3 Å². The second kappa shape index (κ2) is 6.58. The highest BCUT2D eigenvalue weighted by Crippen LogP contribution is 2.26. The number of rotatable bonds is 3. The first-order valence-electron chi connectivity index (χ1n) is 6.61. The van der Waals surface area contributed by atoms with Gasteiger partial charge < -0.3 is 11.1 Å². The Kier molecular flexibility index (Phi) is 4.52. The summed E-state index contributed by atoms with van der Waals surface area (Å²) in [6, 6.07) is 12.1. The van der Waals surface area contributed by atoms with Crippen molar-refractivity contribution in [1.29, 1.82) is 0 Å². The molecule has 0 aliphatic carbocycles. The number of hydrogen-bond acceptors (Lipinski definition) is 4. The molecule has 0 aliphatic heterocycles. The van der Waals surface area contributed by atoms with Gasteiger partial charge in [-0.05, 0) is 30.3 Å². The van der Waals surface area contributed by atoms with E-state index >= 15 is 0 Å². The van der Waals surface area contributed by atoms with Crippen molar-refractivity contribution < 1.29 is 4.79 Å². The quantitative estimate of drug-likeness (QED) is 0.691. The molecule has 0 saturated carbocycles. The highest BCUT2D eigenvalue weighted by Gasteiger charge is 2.10. The Morgan fingerprint density at radius 2 is 1.96 bits per heavy atom. The summed E-state index contributed by atoms with van der Waals surface area (Å²) >= 11 is 13.2. The number of amides is 1. The molecule has 0 unspecified atom stereocenters. The lowest BCUT2D eigenvalue weighted by atomic mass is 10.1. The van der Waals surface area contributed by atoms with Gasteiger partial charge in [0.1, 0.15) is 0 Å². The predicted octanol–water partition coefficient (Wildman–Crippen LogP) is 4.95. The van der Waals surface area contributed by atoms with Crippen LogP contribution in [0.25, 0.3) is 11.3 Å². The molecule has 2 aromatic carbocycles. The normalized spacial score (nSPS) is 10.5. The Labute approximate surface area is 146 Å². The molecule has 1 heterocycles. The van der Waals surface area contributed by atoms with E-state index < -0.39 is 0 Å². The molecule has 1 aromatic heterocycles. The monoisotopic (exact) mass is 363 g/mol. The van der Waals surface area contributed by atoms with Crippen LogP contribution < -0.4 is 11.1 Å². The molecule has 116 valence electrons. The molecule has 0 atom stereocenters. The molecule has 0 fully saturated rings. The fraction of sp³-hybridized carbons (Fsp3) is 0. The molecule has 0 saturated heterocycles. The van der Waals surface area contributed by atoms with Gasteiger partial charge in [0.25, 0.3) is 5.91 Å². The van der Waals surface area contributed by atoms with Gasteiger partial charge in [-0.3, -0.25) is 4.79 Å². The number of thiazole rings is 1. The van der Waals surface area contributed by atoms with Crippen molar-refractivity contribution in [3.05, 3.63) is 63.5 Å². The first-order chi connectivity index (χ1) is 11.0. The number of carbonyl (C=O) groups excluding carboxylic acids is 1. The second-order valence-electron chi connectivity index (χ2n) is 4.73. The molecular formula is C16H11Cl2N3OS. The molecule has 7 heteroatoms. The maximum absolute atomic E-state index is 12.3. The summed E-state index contributed by atoms with van der Waals surface area (Å²) in [6.45, 7) is 0. The summed E-state index contributed by atoms with van der Waals surface area (Å²) in [7, 11) is 0. The van der Waals surface area contributed by atoms with E-state index in [4.69, 9.17) is 28.9 Å². The SMILES string of the molecule is Nc1nc(-c2cccc(NC(=O)c3ccc(Cl)c(Cl)c3)c2)cs1. The minimum absolute atomic E-state index is 0.265. The van der Waals surface area contributed by atoms with Crippen molar-refractivity contribution in [2.75, 3.05) is 11.1 Å². The van der Waals surface area contributed by atoms with E-state index in [0.29, 0.717) is 26.4 Å². The third-order valence-electron chi connectivity index (χ3n) is 3.12. The fourth-order valence-corrected chi connectivity index (χ4v) is 2.89. The molecule has 3 rings (SSSR count). The van der Waals surface area contributed by atoms with Gasteiger partial charge in [-0.2, -0.15) is 0 Å². The van der Waals surface area contributed by atoms with Crippen LogP contribution in [-0.2, 0) is 0 Å². The van der Waals surface area contributed by atoms with E-state index in [1.807, 2.05) is 23.6 Å².